The number of esters is 1. The SMILES string of the molecule is CC(=O)OC1COC(C)C(N=[N+]=[N-])C1OCc1ccccc1. The van der Waals surface area contributed by atoms with E-state index in [0.717, 1.165) is 5.56 Å². The van der Waals surface area contributed by atoms with Crippen LogP contribution in [0, 0.1) is 0 Å². The van der Waals surface area contributed by atoms with E-state index in [1.165, 1.54) is 6.92 Å². The van der Waals surface area contributed by atoms with Crippen molar-refractivity contribution in [2.24, 2.45) is 5.11 Å². The third kappa shape index (κ3) is 4.21. The first-order valence-electron chi connectivity index (χ1n) is 7.10. The first-order chi connectivity index (χ1) is 10.6. The van der Waals surface area contributed by atoms with E-state index in [2.05, 4.69) is 10.0 Å². The Morgan fingerprint density at radius 2 is 2.18 bits per heavy atom. The van der Waals surface area contributed by atoms with Crippen molar-refractivity contribution in [2.45, 2.75) is 44.8 Å². The molecule has 0 spiro atoms. The van der Waals surface area contributed by atoms with E-state index in [-0.39, 0.29) is 12.7 Å². The average Bonchev–Trinajstić information content (AvgIpc) is 2.50. The molecule has 2 rings (SSSR count). The van der Waals surface area contributed by atoms with Crippen molar-refractivity contribution in [3.63, 3.8) is 0 Å². The second kappa shape index (κ2) is 7.79. The fourth-order valence-electron chi connectivity index (χ4n) is 2.43. The van der Waals surface area contributed by atoms with Crippen LogP contribution in [0.3, 0.4) is 0 Å². The standard InChI is InChI=1S/C15H19N3O4/c1-10-14(17-18-16)15(13(9-20-10)22-11(2)19)21-8-12-6-4-3-5-7-12/h3-7,10,13-15H,8-9H2,1-2H3. The van der Waals surface area contributed by atoms with Gasteiger partial charge in [0.25, 0.3) is 0 Å². The van der Waals surface area contributed by atoms with Gasteiger partial charge in [0.15, 0.2) is 6.10 Å². The Bertz CT molecular complexity index is 545. The van der Waals surface area contributed by atoms with E-state index in [0.29, 0.717) is 6.61 Å². The molecule has 7 nitrogen and oxygen atoms in total. The van der Waals surface area contributed by atoms with Crippen molar-refractivity contribution >= 4 is 5.97 Å². The highest BCUT2D eigenvalue weighted by Crippen LogP contribution is 2.24. The molecule has 1 fully saturated rings. The van der Waals surface area contributed by atoms with Crippen molar-refractivity contribution < 1.29 is 19.0 Å². The predicted molar refractivity (Wildman–Crippen MR) is 78.9 cm³/mol. The van der Waals surface area contributed by atoms with Crippen LogP contribution in [0.2, 0.25) is 0 Å². The lowest BCUT2D eigenvalue weighted by Crippen LogP contribution is -2.53. The molecule has 0 amide bonds. The summed E-state index contributed by atoms with van der Waals surface area (Å²) in [5.74, 6) is -0.420. The highest BCUT2D eigenvalue weighted by atomic mass is 16.6. The first-order valence-corrected chi connectivity index (χ1v) is 7.10. The van der Waals surface area contributed by atoms with Crippen molar-refractivity contribution in [1.29, 1.82) is 0 Å². The summed E-state index contributed by atoms with van der Waals surface area (Å²) in [6.45, 7) is 3.70. The van der Waals surface area contributed by atoms with E-state index >= 15 is 0 Å². The molecule has 1 aliphatic heterocycles. The lowest BCUT2D eigenvalue weighted by atomic mass is 9.98. The second-order valence-electron chi connectivity index (χ2n) is 5.14. The lowest BCUT2D eigenvalue weighted by molar-refractivity contribution is -0.185. The molecule has 0 N–H and O–H groups in total. The summed E-state index contributed by atoms with van der Waals surface area (Å²) < 4.78 is 16.7. The Morgan fingerprint density at radius 3 is 2.82 bits per heavy atom. The van der Waals surface area contributed by atoms with Crippen LogP contribution in [-0.4, -0.2) is 36.9 Å². The minimum Gasteiger partial charge on any atom is -0.457 e. The highest BCUT2D eigenvalue weighted by molar-refractivity contribution is 5.66. The zero-order chi connectivity index (χ0) is 15.9. The van der Waals surface area contributed by atoms with E-state index < -0.39 is 24.2 Å². The topological polar surface area (TPSA) is 93.5 Å². The quantitative estimate of drug-likeness (QED) is 0.361. The van der Waals surface area contributed by atoms with Crippen LogP contribution < -0.4 is 0 Å². The number of rotatable bonds is 5. The molecule has 0 saturated carbocycles. The van der Waals surface area contributed by atoms with Crippen molar-refractivity contribution in [1.82, 2.24) is 0 Å². The highest BCUT2D eigenvalue weighted by Gasteiger charge is 2.40. The Labute approximate surface area is 128 Å². The van der Waals surface area contributed by atoms with Gasteiger partial charge in [0, 0.05) is 11.8 Å². The zero-order valence-corrected chi connectivity index (χ0v) is 12.6. The summed E-state index contributed by atoms with van der Waals surface area (Å²) in [6, 6.07) is 9.08. The van der Waals surface area contributed by atoms with Crippen LogP contribution in [0.5, 0.6) is 0 Å². The maximum Gasteiger partial charge on any atom is 0.303 e. The van der Waals surface area contributed by atoms with Gasteiger partial charge < -0.3 is 14.2 Å². The number of hydrogen-bond acceptors (Lipinski definition) is 5. The first kappa shape index (κ1) is 16.3. The van der Waals surface area contributed by atoms with Crippen LogP contribution in [0.25, 0.3) is 10.4 Å². The normalized spacial score (nSPS) is 27.7. The fourth-order valence-corrected chi connectivity index (χ4v) is 2.43. The molecule has 1 aromatic rings. The molecule has 1 saturated heterocycles. The number of carbonyl (C=O) groups is 1. The molecule has 4 unspecified atom stereocenters. The van der Waals surface area contributed by atoms with Crippen molar-refractivity contribution in [3.8, 4) is 0 Å². The van der Waals surface area contributed by atoms with Crippen LogP contribution in [0.1, 0.15) is 19.4 Å². The van der Waals surface area contributed by atoms with Gasteiger partial charge >= 0.3 is 5.97 Å². The maximum atomic E-state index is 11.2. The van der Waals surface area contributed by atoms with Gasteiger partial charge in [-0.3, -0.25) is 4.79 Å². The van der Waals surface area contributed by atoms with Crippen molar-refractivity contribution in [2.75, 3.05) is 6.61 Å². The molecular formula is C15H19N3O4. The van der Waals surface area contributed by atoms with E-state index in [9.17, 15) is 4.79 Å². The van der Waals surface area contributed by atoms with E-state index in [4.69, 9.17) is 19.7 Å². The summed E-state index contributed by atoms with van der Waals surface area (Å²) in [4.78, 5) is 14.1. The molecule has 0 radical (unpaired) electrons. The van der Waals surface area contributed by atoms with Gasteiger partial charge in [0.05, 0.1) is 25.4 Å². The third-order valence-corrected chi connectivity index (χ3v) is 3.49. The number of azide groups is 1. The van der Waals surface area contributed by atoms with Crippen LogP contribution >= 0.6 is 0 Å². The maximum absolute atomic E-state index is 11.2. The molecule has 118 valence electrons. The van der Waals surface area contributed by atoms with Gasteiger partial charge in [-0.2, -0.15) is 0 Å². The summed E-state index contributed by atoms with van der Waals surface area (Å²) in [6.07, 6.45) is -1.43. The molecule has 0 bridgehead atoms. The van der Waals surface area contributed by atoms with Crippen LogP contribution in [0.15, 0.2) is 35.4 Å². The predicted octanol–water partition coefficient (Wildman–Crippen LogP) is 2.60. The van der Waals surface area contributed by atoms with Gasteiger partial charge in [0.1, 0.15) is 6.10 Å². The molecule has 1 aromatic carbocycles. The summed E-state index contributed by atoms with van der Waals surface area (Å²) in [5.41, 5.74) is 9.74. The smallest absolute Gasteiger partial charge is 0.303 e. The van der Waals surface area contributed by atoms with Crippen LogP contribution in [-0.2, 0) is 25.6 Å². The minimum absolute atomic E-state index is 0.220. The van der Waals surface area contributed by atoms with Gasteiger partial charge in [0.2, 0.25) is 0 Å². The Kier molecular flexibility index (Phi) is 5.77. The molecular weight excluding hydrogens is 286 g/mol. The molecule has 22 heavy (non-hydrogen) atoms. The minimum atomic E-state index is -0.590. The molecule has 0 aromatic heterocycles. The zero-order valence-electron chi connectivity index (χ0n) is 12.6. The summed E-state index contributed by atoms with van der Waals surface area (Å²) >= 11 is 0. The molecule has 7 heteroatoms. The van der Waals surface area contributed by atoms with E-state index in [1.54, 1.807) is 0 Å². The Morgan fingerprint density at radius 1 is 1.45 bits per heavy atom. The molecule has 1 heterocycles. The number of hydrogen-bond donors (Lipinski definition) is 0. The van der Waals surface area contributed by atoms with Gasteiger partial charge in [-0.05, 0) is 18.0 Å². The van der Waals surface area contributed by atoms with E-state index in [1.807, 2.05) is 37.3 Å². The fraction of sp³-hybridized carbons (Fsp3) is 0.533. The largest absolute Gasteiger partial charge is 0.457 e. The Balaban J connectivity index is 2.13. The van der Waals surface area contributed by atoms with Gasteiger partial charge in [-0.1, -0.05) is 35.4 Å². The summed E-state index contributed by atoms with van der Waals surface area (Å²) in [7, 11) is 0. The lowest BCUT2D eigenvalue weighted by Gasteiger charge is -2.38. The van der Waals surface area contributed by atoms with Crippen molar-refractivity contribution in [3.05, 3.63) is 46.3 Å². The third-order valence-electron chi connectivity index (χ3n) is 3.49. The Hall–Kier alpha value is -2.08. The van der Waals surface area contributed by atoms with Gasteiger partial charge in [-0.15, -0.1) is 0 Å². The van der Waals surface area contributed by atoms with Gasteiger partial charge in [-0.25, -0.2) is 0 Å². The monoisotopic (exact) mass is 305 g/mol. The number of benzene rings is 1. The number of carbonyl (C=O) groups excluding carboxylic acids is 1. The number of ether oxygens (including phenoxy) is 3. The summed E-state index contributed by atoms with van der Waals surface area (Å²) in [5, 5.41) is 3.76. The average molecular weight is 305 g/mol. The molecule has 4 atom stereocenters. The number of nitrogens with zero attached hydrogens (tertiary/aromatic N) is 3. The van der Waals surface area contributed by atoms with Crippen LogP contribution in [0.4, 0.5) is 0 Å². The molecule has 1 aliphatic rings. The second-order valence-corrected chi connectivity index (χ2v) is 5.14. The molecule has 0 aliphatic carbocycles.